The van der Waals surface area contributed by atoms with Crippen molar-refractivity contribution in [2.75, 3.05) is 31.4 Å². The van der Waals surface area contributed by atoms with E-state index in [2.05, 4.69) is 40.7 Å². The Morgan fingerprint density at radius 1 is 1.06 bits per heavy atom. The molecule has 1 aliphatic heterocycles. The minimum Gasteiger partial charge on any atom is -0.497 e. The second kappa shape index (κ2) is 9.62. The summed E-state index contributed by atoms with van der Waals surface area (Å²) < 4.78 is 44.7. The maximum Gasteiger partial charge on any atom is 0.264 e. The van der Waals surface area contributed by atoms with Gasteiger partial charge in [0.1, 0.15) is 18.0 Å². The topological polar surface area (TPSA) is 80.0 Å². The number of hydrogen-bond acceptors (Lipinski definition) is 6. The zero-order chi connectivity index (χ0) is 23.6. The van der Waals surface area contributed by atoms with Crippen molar-refractivity contribution in [3.05, 3.63) is 59.3 Å². The van der Waals surface area contributed by atoms with E-state index in [0.29, 0.717) is 13.0 Å². The Bertz CT molecular complexity index is 1320. The molecule has 174 valence electrons. The fraction of sp³-hybridized carbons (Fsp3) is 0.292. The van der Waals surface area contributed by atoms with Crippen LogP contribution in [-0.2, 0) is 16.7 Å². The van der Waals surface area contributed by atoms with E-state index in [1.54, 1.807) is 26.0 Å². The molecule has 0 aliphatic carbocycles. The van der Waals surface area contributed by atoms with E-state index in [1.807, 2.05) is 30.3 Å². The number of ether oxygens (including phenoxy) is 2. The molecule has 0 unspecified atom stereocenters. The Morgan fingerprint density at radius 2 is 1.79 bits per heavy atom. The quantitative estimate of drug-likeness (QED) is 0.374. The van der Waals surface area contributed by atoms with Gasteiger partial charge in [-0.25, -0.2) is 0 Å². The lowest BCUT2D eigenvalue weighted by atomic mass is 10.1. The molecule has 7 nitrogen and oxygen atoms in total. The lowest BCUT2D eigenvalue weighted by Gasteiger charge is -2.20. The number of aromatic nitrogens is 1. The molecule has 0 saturated carbocycles. The van der Waals surface area contributed by atoms with Crippen molar-refractivity contribution in [1.29, 1.82) is 0 Å². The van der Waals surface area contributed by atoms with E-state index in [-0.39, 0.29) is 5.75 Å². The fourth-order valence-corrected chi connectivity index (χ4v) is 5.61. The van der Waals surface area contributed by atoms with Crippen molar-refractivity contribution >= 4 is 44.5 Å². The SMILES string of the molecule is CC[n+]1c(/C=C2\Sc3ccc(OC)cc3N2CCCS(=O)(=O)O)ccc2cc(OC)ccc21. The molecule has 0 atom stereocenters. The summed E-state index contributed by atoms with van der Waals surface area (Å²) in [6.45, 7) is 3.35. The largest absolute Gasteiger partial charge is 0.497 e. The van der Waals surface area contributed by atoms with Gasteiger partial charge in [0.25, 0.3) is 10.1 Å². The van der Waals surface area contributed by atoms with Gasteiger partial charge in [-0.05, 0) is 43.7 Å². The van der Waals surface area contributed by atoms with Crippen LogP contribution in [0.2, 0.25) is 0 Å². The summed E-state index contributed by atoms with van der Waals surface area (Å²) in [6.07, 6.45) is 2.43. The first kappa shape index (κ1) is 23.4. The average Bonchev–Trinajstić information content (AvgIpc) is 3.13. The summed E-state index contributed by atoms with van der Waals surface area (Å²) in [6, 6.07) is 16.1. The maximum atomic E-state index is 11.3. The smallest absolute Gasteiger partial charge is 0.264 e. The van der Waals surface area contributed by atoms with Crippen LogP contribution in [-0.4, -0.2) is 39.5 Å². The van der Waals surface area contributed by atoms with Crippen LogP contribution in [0, 0.1) is 0 Å². The number of anilines is 1. The van der Waals surface area contributed by atoms with Gasteiger partial charge in [0.15, 0.2) is 0 Å². The molecule has 0 bridgehead atoms. The lowest BCUT2D eigenvalue weighted by molar-refractivity contribution is -0.669. The molecule has 33 heavy (non-hydrogen) atoms. The van der Waals surface area contributed by atoms with E-state index in [0.717, 1.165) is 50.3 Å². The first-order valence-corrected chi connectivity index (χ1v) is 13.1. The van der Waals surface area contributed by atoms with Crippen molar-refractivity contribution in [2.45, 2.75) is 24.8 Å². The van der Waals surface area contributed by atoms with Gasteiger partial charge in [-0.2, -0.15) is 13.0 Å². The van der Waals surface area contributed by atoms with E-state index in [4.69, 9.17) is 9.47 Å². The minimum atomic E-state index is -4.02. The first-order valence-electron chi connectivity index (χ1n) is 10.6. The molecule has 4 rings (SSSR count). The number of methoxy groups -OCH3 is 2. The third-order valence-corrected chi connectivity index (χ3v) is 7.50. The van der Waals surface area contributed by atoms with Gasteiger partial charge in [-0.15, -0.1) is 0 Å². The summed E-state index contributed by atoms with van der Waals surface area (Å²) in [7, 11) is -0.731. The molecule has 3 aromatic rings. The Balaban J connectivity index is 1.75. The number of pyridine rings is 1. The van der Waals surface area contributed by atoms with Crippen LogP contribution in [0.15, 0.2) is 58.5 Å². The van der Waals surface area contributed by atoms with Gasteiger partial charge >= 0.3 is 0 Å². The van der Waals surface area contributed by atoms with E-state index < -0.39 is 10.1 Å². The van der Waals surface area contributed by atoms with Crippen molar-refractivity contribution in [3.8, 4) is 11.5 Å². The number of aryl methyl sites for hydroxylation is 1. The summed E-state index contributed by atoms with van der Waals surface area (Å²) in [5, 5.41) is 2.08. The van der Waals surface area contributed by atoms with Crippen LogP contribution in [0.25, 0.3) is 17.0 Å². The van der Waals surface area contributed by atoms with Crippen LogP contribution in [0.3, 0.4) is 0 Å². The Labute approximate surface area is 198 Å². The van der Waals surface area contributed by atoms with Gasteiger partial charge in [0.2, 0.25) is 11.2 Å². The fourth-order valence-electron chi connectivity index (χ4n) is 4.00. The third-order valence-electron chi connectivity index (χ3n) is 5.58. The molecule has 2 heterocycles. The van der Waals surface area contributed by atoms with Crippen LogP contribution in [0.4, 0.5) is 5.69 Å². The standard InChI is InChI=1S/C24H26N2O5S2/c1-4-25-18(7-6-17-14-19(30-2)8-10-21(17)25)15-24-26(12-5-13-33(27,28)29)22-16-20(31-3)9-11-23(22)32-24/h6-11,14-16H,4-5,12-13H2,1-3H3/p+1. The number of hydrogen-bond donors (Lipinski definition) is 1. The van der Waals surface area contributed by atoms with Gasteiger partial charge < -0.3 is 14.4 Å². The van der Waals surface area contributed by atoms with Crippen LogP contribution in [0.5, 0.6) is 11.5 Å². The highest BCUT2D eigenvalue weighted by Crippen LogP contribution is 2.48. The second-order valence-electron chi connectivity index (χ2n) is 7.64. The number of benzene rings is 2. The van der Waals surface area contributed by atoms with Crippen LogP contribution >= 0.6 is 11.8 Å². The third kappa shape index (κ3) is 5.10. The molecule has 9 heteroatoms. The molecule has 1 N–H and O–H groups in total. The molecule has 0 radical (unpaired) electrons. The van der Waals surface area contributed by atoms with Crippen molar-refractivity contribution in [3.63, 3.8) is 0 Å². The van der Waals surface area contributed by atoms with Gasteiger partial charge in [0.05, 0.1) is 36.1 Å². The van der Waals surface area contributed by atoms with Crippen molar-refractivity contribution in [2.24, 2.45) is 0 Å². The Morgan fingerprint density at radius 3 is 2.48 bits per heavy atom. The highest BCUT2D eigenvalue weighted by molar-refractivity contribution is 8.03. The van der Waals surface area contributed by atoms with Crippen LogP contribution in [0.1, 0.15) is 19.0 Å². The summed E-state index contributed by atoms with van der Waals surface area (Å²) in [5.74, 6) is 1.27. The van der Waals surface area contributed by atoms with E-state index >= 15 is 0 Å². The first-order chi connectivity index (χ1) is 15.8. The molecular weight excluding hydrogens is 460 g/mol. The number of fused-ring (bicyclic) bond motifs is 2. The molecule has 1 aromatic heterocycles. The lowest BCUT2D eigenvalue weighted by Crippen LogP contribution is -2.37. The predicted octanol–water partition coefficient (Wildman–Crippen LogP) is 4.35. The average molecular weight is 488 g/mol. The monoisotopic (exact) mass is 487 g/mol. The normalized spacial score (nSPS) is 14.7. The molecule has 0 fully saturated rings. The molecule has 0 spiro atoms. The molecule has 0 saturated heterocycles. The summed E-state index contributed by atoms with van der Waals surface area (Å²) >= 11 is 1.63. The summed E-state index contributed by atoms with van der Waals surface area (Å²) in [4.78, 5) is 3.16. The summed E-state index contributed by atoms with van der Waals surface area (Å²) in [5.41, 5.74) is 3.11. The second-order valence-corrected chi connectivity index (χ2v) is 10.3. The number of rotatable bonds is 8. The highest BCUT2D eigenvalue weighted by atomic mass is 32.2. The highest BCUT2D eigenvalue weighted by Gasteiger charge is 2.27. The molecular formula is C24H27N2O5S2+. The van der Waals surface area contributed by atoms with Gasteiger partial charge in [0, 0.05) is 35.7 Å². The number of thioether (sulfide) groups is 1. The van der Waals surface area contributed by atoms with Gasteiger partial charge in [-0.1, -0.05) is 11.8 Å². The van der Waals surface area contributed by atoms with E-state index in [1.165, 1.54) is 0 Å². The molecule has 2 aromatic carbocycles. The Hall–Kier alpha value is -2.75. The zero-order valence-corrected chi connectivity index (χ0v) is 20.4. The van der Waals surface area contributed by atoms with Crippen molar-refractivity contribution in [1.82, 2.24) is 0 Å². The minimum absolute atomic E-state index is 0.284. The predicted molar refractivity (Wildman–Crippen MR) is 132 cm³/mol. The zero-order valence-electron chi connectivity index (χ0n) is 18.8. The Kier molecular flexibility index (Phi) is 6.83. The molecule has 0 amide bonds. The van der Waals surface area contributed by atoms with Gasteiger partial charge in [-0.3, -0.25) is 4.55 Å². The van der Waals surface area contributed by atoms with Crippen LogP contribution < -0.4 is 18.9 Å². The maximum absolute atomic E-state index is 11.3. The van der Waals surface area contributed by atoms with Crippen molar-refractivity contribution < 1.29 is 27.0 Å². The number of nitrogens with zero attached hydrogens (tertiary/aromatic N) is 2. The van der Waals surface area contributed by atoms with E-state index in [9.17, 15) is 13.0 Å². The molecule has 1 aliphatic rings.